The number of hydrogen-bond donors (Lipinski definition) is 2. The second kappa shape index (κ2) is 19.2. The molecule has 6 heteroatoms. The molecule has 0 amide bonds. The van der Waals surface area contributed by atoms with Crippen LogP contribution in [0, 0.1) is 0 Å². The molecule has 0 spiro atoms. The van der Waals surface area contributed by atoms with Crippen LogP contribution in [0.5, 0.6) is 0 Å². The van der Waals surface area contributed by atoms with E-state index in [1.165, 1.54) is 77.0 Å². The van der Waals surface area contributed by atoms with Crippen molar-refractivity contribution in [3.63, 3.8) is 0 Å². The van der Waals surface area contributed by atoms with Crippen LogP contribution in [-0.2, 0) is 10.1 Å². The van der Waals surface area contributed by atoms with Crippen molar-refractivity contribution in [1.29, 1.82) is 0 Å². The third-order valence-electron chi connectivity index (χ3n) is 3.99. The summed E-state index contributed by atoms with van der Waals surface area (Å²) in [6.07, 6.45) is 17.4. The number of nitrogens with one attached hydrogen (secondary N) is 1. The van der Waals surface area contributed by atoms with Crippen molar-refractivity contribution < 1.29 is 44.0 Å². The Balaban J connectivity index is -0.00000220. The van der Waals surface area contributed by atoms with Gasteiger partial charge in [0, 0.05) is 6.54 Å². The number of hydrogen-bond acceptors (Lipinski definition) is 3. The molecule has 0 aromatic carbocycles. The second-order valence-corrected chi connectivity index (χ2v) is 7.85. The fourth-order valence-electron chi connectivity index (χ4n) is 2.59. The number of rotatable bonds is 17. The fourth-order valence-corrected chi connectivity index (χ4v) is 3.00. The molecule has 0 saturated carbocycles. The van der Waals surface area contributed by atoms with Crippen molar-refractivity contribution in [3.8, 4) is 0 Å². The Hall–Kier alpha value is 0.870. The molecule has 0 aromatic rings. The van der Waals surface area contributed by atoms with E-state index in [1.54, 1.807) is 0 Å². The minimum Gasteiger partial charge on any atom is -1.00 e. The van der Waals surface area contributed by atoms with Gasteiger partial charge < -0.3 is 6.74 Å². The van der Waals surface area contributed by atoms with E-state index in [2.05, 4.69) is 12.2 Å². The first kappa shape index (κ1) is 26.1. The van der Waals surface area contributed by atoms with E-state index < -0.39 is 10.1 Å². The van der Waals surface area contributed by atoms with Crippen molar-refractivity contribution in [2.75, 3.05) is 18.8 Å². The standard InChI is InChI=1S/C17H37NO3S.Na.H/c1-2-3-4-5-6-7-8-9-10-11-12-13-14-15-18-16-17-22(19,20)21;;/h18H,2-17H2,1H3,(H,19,20,21);;/q;+1;-1. The van der Waals surface area contributed by atoms with Crippen LogP contribution >= 0.6 is 0 Å². The van der Waals surface area contributed by atoms with Crippen LogP contribution in [0.4, 0.5) is 0 Å². The van der Waals surface area contributed by atoms with Crippen LogP contribution in [0.1, 0.15) is 91.8 Å². The molecule has 0 bridgehead atoms. The third-order valence-corrected chi connectivity index (χ3v) is 4.71. The zero-order chi connectivity index (χ0) is 16.5. The summed E-state index contributed by atoms with van der Waals surface area (Å²) in [6, 6.07) is 0. The summed E-state index contributed by atoms with van der Waals surface area (Å²) in [5, 5.41) is 3.04. The van der Waals surface area contributed by atoms with Crippen LogP contribution in [0.15, 0.2) is 0 Å². The van der Waals surface area contributed by atoms with Crippen LogP contribution in [0.3, 0.4) is 0 Å². The summed E-state index contributed by atoms with van der Waals surface area (Å²) in [4.78, 5) is 0. The normalized spacial score (nSPS) is 11.4. The molecule has 0 saturated heterocycles. The zero-order valence-corrected chi connectivity index (χ0v) is 18.3. The van der Waals surface area contributed by atoms with Gasteiger partial charge in [-0.15, -0.1) is 0 Å². The third kappa shape index (κ3) is 25.2. The Morgan fingerprint density at radius 3 is 1.52 bits per heavy atom. The van der Waals surface area contributed by atoms with Crippen molar-refractivity contribution in [2.45, 2.75) is 90.4 Å². The Morgan fingerprint density at radius 1 is 0.739 bits per heavy atom. The van der Waals surface area contributed by atoms with E-state index in [0.717, 1.165) is 13.0 Å². The maximum atomic E-state index is 10.5. The Kier molecular flexibility index (Phi) is 21.8. The largest absolute Gasteiger partial charge is 1.00 e. The molecule has 0 aromatic heterocycles. The molecule has 0 unspecified atom stereocenters. The number of unbranched alkanes of at least 4 members (excludes halogenated alkanes) is 12. The first-order valence-electron chi connectivity index (χ1n) is 9.22. The molecule has 0 aliphatic heterocycles. The SMILES string of the molecule is CCCCCCCCCCCCCCCNCCS(=O)(=O)O.[H-].[Na+]. The molecule has 0 fully saturated rings. The average molecular weight is 360 g/mol. The molecular formula is C17H38NNaO3S. The van der Waals surface area contributed by atoms with Crippen molar-refractivity contribution in [2.24, 2.45) is 0 Å². The van der Waals surface area contributed by atoms with Gasteiger partial charge in [0.15, 0.2) is 0 Å². The predicted octanol–water partition coefficient (Wildman–Crippen LogP) is 1.67. The van der Waals surface area contributed by atoms with Gasteiger partial charge in [-0.25, -0.2) is 0 Å². The van der Waals surface area contributed by atoms with Crippen LogP contribution in [-0.4, -0.2) is 31.8 Å². The van der Waals surface area contributed by atoms with E-state index in [4.69, 9.17) is 4.55 Å². The molecule has 136 valence electrons. The minimum absolute atomic E-state index is 0. The second-order valence-electron chi connectivity index (χ2n) is 6.28. The summed E-state index contributed by atoms with van der Waals surface area (Å²) < 4.78 is 29.6. The Morgan fingerprint density at radius 2 is 1.13 bits per heavy atom. The molecular weight excluding hydrogens is 321 g/mol. The van der Waals surface area contributed by atoms with Gasteiger partial charge in [-0.3, -0.25) is 4.55 Å². The Labute approximate surface area is 168 Å². The van der Waals surface area contributed by atoms with Crippen LogP contribution in [0.25, 0.3) is 0 Å². The van der Waals surface area contributed by atoms with Crippen molar-refractivity contribution >= 4 is 10.1 Å². The predicted molar refractivity (Wildman–Crippen MR) is 96.1 cm³/mol. The summed E-state index contributed by atoms with van der Waals surface area (Å²) in [5.74, 6) is -0.189. The Bertz CT molecular complexity index is 330. The quantitative estimate of drug-likeness (QED) is 0.236. The fraction of sp³-hybridized carbons (Fsp3) is 1.00. The first-order chi connectivity index (χ1) is 10.6. The van der Waals surface area contributed by atoms with E-state index in [1.807, 2.05) is 0 Å². The van der Waals surface area contributed by atoms with Gasteiger partial charge in [0.2, 0.25) is 0 Å². The molecule has 2 N–H and O–H groups in total. The minimum atomic E-state index is -3.81. The van der Waals surface area contributed by atoms with E-state index in [0.29, 0.717) is 6.54 Å². The van der Waals surface area contributed by atoms with Crippen LogP contribution < -0.4 is 34.9 Å². The van der Waals surface area contributed by atoms with Gasteiger partial charge in [-0.1, -0.05) is 84.0 Å². The van der Waals surface area contributed by atoms with Gasteiger partial charge in [-0.2, -0.15) is 8.42 Å². The summed E-state index contributed by atoms with van der Waals surface area (Å²) in [5.41, 5.74) is 0. The van der Waals surface area contributed by atoms with Gasteiger partial charge in [-0.05, 0) is 13.0 Å². The van der Waals surface area contributed by atoms with E-state index in [-0.39, 0.29) is 36.7 Å². The molecule has 23 heavy (non-hydrogen) atoms. The monoisotopic (exact) mass is 359 g/mol. The smallest absolute Gasteiger partial charge is 1.00 e. The summed E-state index contributed by atoms with van der Waals surface area (Å²) in [6.45, 7) is 3.44. The molecule has 0 heterocycles. The van der Waals surface area contributed by atoms with Gasteiger partial charge in [0.25, 0.3) is 10.1 Å². The molecule has 0 atom stereocenters. The molecule has 0 aliphatic carbocycles. The average Bonchev–Trinajstić information content (AvgIpc) is 2.45. The van der Waals surface area contributed by atoms with Crippen LogP contribution in [0.2, 0.25) is 0 Å². The first-order valence-corrected chi connectivity index (χ1v) is 10.8. The molecule has 0 radical (unpaired) electrons. The summed E-state index contributed by atoms with van der Waals surface area (Å²) in [7, 11) is -3.81. The molecule has 0 rings (SSSR count). The molecule has 4 nitrogen and oxygen atoms in total. The van der Waals surface area contributed by atoms with E-state index in [9.17, 15) is 8.42 Å². The van der Waals surface area contributed by atoms with E-state index >= 15 is 0 Å². The van der Waals surface area contributed by atoms with Crippen molar-refractivity contribution in [3.05, 3.63) is 0 Å². The zero-order valence-electron chi connectivity index (χ0n) is 16.5. The summed E-state index contributed by atoms with van der Waals surface area (Å²) >= 11 is 0. The maximum absolute atomic E-state index is 10.5. The topological polar surface area (TPSA) is 66.4 Å². The van der Waals surface area contributed by atoms with Gasteiger partial charge >= 0.3 is 29.6 Å². The van der Waals surface area contributed by atoms with Gasteiger partial charge in [0.1, 0.15) is 0 Å². The van der Waals surface area contributed by atoms with Crippen molar-refractivity contribution in [1.82, 2.24) is 5.32 Å². The molecule has 0 aliphatic rings. The maximum Gasteiger partial charge on any atom is 1.00 e. The van der Waals surface area contributed by atoms with Gasteiger partial charge in [0.05, 0.1) is 5.75 Å².